The second-order valence-corrected chi connectivity index (χ2v) is 7.09. The Morgan fingerprint density at radius 3 is 2.00 bits per heavy atom. The third kappa shape index (κ3) is 4.64. The van der Waals surface area contributed by atoms with Gasteiger partial charge in [0.15, 0.2) is 0 Å². The molecule has 0 N–H and O–H groups in total. The van der Waals surface area contributed by atoms with Gasteiger partial charge in [0.2, 0.25) is 0 Å². The van der Waals surface area contributed by atoms with E-state index in [0.29, 0.717) is 10.00 Å². The molecule has 1 saturated heterocycles. The van der Waals surface area contributed by atoms with E-state index in [2.05, 4.69) is 74.5 Å². The molecule has 22 heavy (non-hydrogen) atoms. The van der Waals surface area contributed by atoms with Crippen LogP contribution in [0, 0.1) is 0 Å². The second kappa shape index (κ2) is 8.05. The highest BCUT2D eigenvalue weighted by molar-refractivity contribution is 8.08. The Bertz CT molecular complexity index is 613. The van der Waals surface area contributed by atoms with Gasteiger partial charge in [-0.05, 0) is 31.9 Å². The summed E-state index contributed by atoms with van der Waals surface area (Å²) >= 11 is 2.03. The van der Waals surface area contributed by atoms with Crippen molar-refractivity contribution < 1.29 is 0 Å². The molecule has 2 atom stereocenters. The van der Waals surface area contributed by atoms with Gasteiger partial charge in [-0.15, -0.1) is 11.8 Å². The second-order valence-electron chi connectivity index (χ2n) is 5.50. The fourth-order valence-corrected chi connectivity index (χ4v) is 3.62. The van der Waals surface area contributed by atoms with Crippen molar-refractivity contribution in [1.29, 1.82) is 0 Å². The van der Waals surface area contributed by atoms with Gasteiger partial charge in [-0.2, -0.15) is 0 Å². The average molecular weight is 308 g/mol. The summed E-state index contributed by atoms with van der Waals surface area (Å²) in [5.41, 5.74) is 2.72. The molecule has 1 heterocycles. The maximum atomic E-state index is 2.30. The van der Waals surface area contributed by atoms with Crippen molar-refractivity contribution in [3.8, 4) is 0 Å². The topological polar surface area (TPSA) is 0 Å². The van der Waals surface area contributed by atoms with E-state index in [4.69, 9.17) is 0 Å². The monoisotopic (exact) mass is 308 g/mol. The number of rotatable bonds is 3. The van der Waals surface area contributed by atoms with Crippen LogP contribution >= 0.6 is 11.8 Å². The van der Waals surface area contributed by atoms with Crippen molar-refractivity contribution in [3.05, 3.63) is 90.0 Å². The fraction of sp³-hybridized carbons (Fsp3) is 0.238. The molecule has 1 fully saturated rings. The largest absolute Gasteiger partial charge is 0.140 e. The van der Waals surface area contributed by atoms with E-state index in [1.54, 1.807) is 0 Å². The molecule has 0 nitrogen and oxygen atoms in total. The predicted molar refractivity (Wildman–Crippen MR) is 101 cm³/mol. The van der Waals surface area contributed by atoms with Crippen LogP contribution in [0.15, 0.2) is 78.9 Å². The zero-order valence-corrected chi connectivity index (χ0v) is 14.4. The van der Waals surface area contributed by atoms with Gasteiger partial charge >= 0.3 is 0 Å². The molecule has 2 aromatic carbocycles. The summed E-state index contributed by atoms with van der Waals surface area (Å²) in [6, 6.07) is 21.0. The summed E-state index contributed by atoms with van der Waals surface area (Å²) in [5.74, 6) is 0. The molecule has 1 heteroatoms. The molecule has 0 amide bonds. The maximum Gasteiger partial charge on any atom is 0.0485 e. The minimum Gasteiger partial charge on any atom is -0.140 e. The molecule has 0 bridgehead atoms. The molecule has 0 spiro atoms. The summed E-state index contributed by atoms with van der Waals surface area (Å²) in [4.78, 5) is 0. The Hall–Kier alpha value is -1.73. The van der Waals surface area contributed by atoms with Gasteiger partial charge in [0.25, 0.3) is 0 Å². The summed E-state index contributed by atoms with van der Waals surface area (Å²) < 4.78 is 0.357. The van der Waals surface area contributed by atoms with E-state index in [1.807, 2.05) is 43.0 Å². The van der Waals surface area contributed by atoms with Crippen LogP contribution in [0.1, 0.15) is 37.1 Å². The molecule has 2 unspecified atom stereocenters. The van der Waals surface area contributed by atoms with Gasteiger partial charge in [0.05, 0.1) is 0 Å². The van der Waals surface area contributed by atoms with Crippen molar-refractivity contribution in [1.82, 2.24) is 0 Å². The Kier molecular flexibility index (Phi) is 6.09. The lowest BCUT2D eigenvalue weighted by Crippen LogP contribution is -1.99. The molecule has 114 valence electrons. The summed E-state index contributed by atoms with van der Waals surface area (Å²) in [6.45, 7) is 6.41. The Labute approximate surface area is 139 Å². The van der Waals surface area contributed by atoms with Gasteiger partial charge in [-0.25, -0.2) is 0 Å². The van der Waals surface area contributed by atoms with E-state index in [-0.39, 0.29) is 0 Å². The number of hydrogen-bond donors (Lipinski definition) is 0. The van der Waals surface area contributed by atoms with Crippen molar-refractivity contribution in [3.63, 3.8) is 0 Å². The van der Waals surface area contributed by atoms with Crippen LogP contribution in [0.4, 0.5) is 0 Å². The van der Waals surface area contributed by atoms with E-state index < -0.39 is 0 Å². The van der Waals surface area contributed by atoms with Gasteiger partial charge < -0.3 is 0 Å². The van der Waals surface area contributed by atoms with Crippen LogP contribution in [0.25, 0.3) is 6.08 Å². The first-order valence-corrected chi connectivity index (χ1v) is 8.62. The first-order valence-electron chi connectivity index (χ1n) is 7.74. The first-order chi connectivity index (χ1) is 10.7. The molecule has 2 aromatic rings. The SMILES string of the molecule is CC=CC1(C)SC1c1ccccc1.CC=Cc1ccccc1. The van der Waals surface area contributed by atoms with Crippen molar-refractivity contribution >= 4 is 17.8 Å². The van der Waals surface area contributed by atoms with Crippen molar-refractivity contribution in [2.75, 3.05) is 0 Å². The number of benzene rings is 2. The lowest BCUT2D eigenvalue weighted by atomic mass is 10.0. The predicted octanol–water partition coefficient (Wildman–Crippen LogP) is 6.53. The zero-order valence-electron chi connectivity index (χ0n) is 13.6. The number of thioether (sulfide) groups is 1. The molecule has 3 rings (SSSR count). The quantitative estimate of drug-likeness (QED) is 0.459. The minimum atomic E-state index is 0.357. The molecule has 0 radical (unpaired) electrons. The van der Waals surface area contributed by atoms with E-state index >= 15 is 0 Å². The van der Waals surface area contributed by atoms with Crippen LogP contribution < -0.4 is 0 Å². The summed E-state index contributed by atoms with van der Waals surface area (Å²) in [5, 5.41) is 0.671. The van der Waals surface area contributed by atoms with Gasteiger partial charge in [0, 0.05) is 10.00 Å². The fourth-order valence-electron chi connectivity index (χ4n) is 2.46. The summed E-state index contributed by atoms with van der Waals surface area (Å²) in [7, 11) is 0. The van der Waals surface area contributed by atoms with Gasteiger partial charge in [-0.1, -0.05) is 85.0 Å². The molecular weight excluding hydrogens is 284 g/mol. The van der Waals surface area contributed by atoms with E-state index in [1.165, 1.54) is 11.1 Å². The average Bonchev–Trinajstić information content (AvgIpc) is 3.22. The smallest absolute Gasteiger partial charge is 0.0485 e. The van der Waals surface area contributed by atoms with Crippen LogP contribution in [-0.2, 0) is 0 Å². The Balaban J connectivity index is 0.000000172. The van der Waals surface area contributed by atoms with E-state index in [9.17, 15) is 0 Å². The van der Waals surface area contributed by atoms with Crippen LogP contribution in [-0.4, -0.2) is 4.75 Å². The molecule has 1 aliphatic heterocycles. The van der Waals surface area contributed by atoms with Crippen LogP contribution in [0.5, 0.6) is 0 Å². The highest BCUT2D eigenvalue weighted by Crippen LogP contribution is 2.65. The van der Waals surface area contributed by atoms with Gasteiger partial charge in [0.1, 0.15) is 0 Å². The van der Waals surface area contributed by atoms with Crippen molar-refractivity contribution in [2.24, 2.45) is 0 Å². The molecule has 0 aromatic heterocycles. The van der Waals surface area contributed by atoms with Crippen LogP contribution in [0.2, 0.25) is 0 Å². The van der Waals surface area contributed by atoms with E-state index in [0.717, 1.165) is 0 Å². The minimum absolute atomic E-state index is 0.357. The highest BCUT2D eigenvalue weighted by atomic mass is 32.2. The third-order valence-corrected chi connectivity index (χ3v) is 5.22. The lowest BCUT2D eigenvalue weighted by molar-refractivity contribution is 0.873. The zero-order chi connectivity index (χ0) is 15.8. The standard InChI is InChI=1S/C12H14S.C9H10/c1-3-9-12(2)11(13-12)10-7-5-4-6-8-10;1-2-6-9-7-4-3-5-8-9/h3-9,11H,1-2H3;2-8H,1H3. The Morgan fingerprint density at radius 2 is 1.45 bits per heavy atom. The van der Waals surface area contributed by atoms with Crippen LogP contribution in [0.3, 0.4) is 0 Å². The molecule has 0 aliphatic carbocycles. The highest BCUT2D eigenvalue weighted by Gasteiger charge is 2.49. The lowest BCUT2D eigenvalue weighted by Gasteiger charge is -2.01. The Morgan fingerprint density at radius 1 is 0.864 bits per heavy atom. The normalized spacial score (nSPS) is 23.3. The number of hydrogen-bond acceptors (Lipinski definition) is 1. The van der Waals surface area contributed by atoms with Crippen molar-refractivity contribution in [2.45, 2.75) is 30.8 Å². The maximum absolute atomic E-state index is 2.30. The van der Waals surface area contributed by atoms with Gasteiger partial charge in [-0.3, -0.25) is 0 Å². The number of allylic oxidation sites excluding steroid dienone is 2. The summed E-state index contributed by atoms with van der Waals surface area (Å²) in [6.07, 6.45) is 8.57. The third-order valence-electron chi connectivity index (χ3n) is 3.59. The molecular formula is C21H24S. The first kappa shape index (κ1) is 16.6. The molecule has 1 aliphatic rings. The molecule has 0 saturated carbocycles.